The molecule has 1 aliphatic heterocycles. The van der Waals surface area contributed by atoms with Crippen molar-refractivity contribution in [3.63, 3.8) is 0 Å². The first kappa shape index (κ1) is 20.3. The fourth-order valence-corrected chi connectivity index (χ4v) is 3.51. The number of hydrogen-bond acceptors (Lipinski definition) is 6. The molecule has 2 heterocycles. The molecule has 2 aromatic rings. The maximum atomic E-state index is 13.1. The van der Waals surface area contributed by atoms with Gasteiger partial charge in [-0.2, -0.15) is 0 Å². The van der Waals surface area contributed by atoms with Crippen LogP contribution in [0.2, 0.25) is 0 Å². The summed E-state index contributed by atoms with van der Waals surface area (Å²) in [7, 11) is 0. The van der Waals surface area contributed by atoms with Crippen molar-refractivity contribution < 1.29 is 14.3 Å². The Hall–Kier alpha value is -2.48. The minimum atomic E-state index is -0.620. The normalized spacial score (nSPS) is 15.8. The van der Waals surface area contributed by atoms with Crippen LogP contribution >= 0.6 is 11.5 Å². The van der Waals surface area contributed by atoms with E-state index in [1.54, 1.807) is 19.1 Å². The standard InChI is InChI=1S/C20H26N4O3S/c1-12(2)8-9-24-15-7-6-14(21-18(25)17-13(3)22-23-28-17)10-16(15)27-11-20(4,5)19(24)26/h6-7,10,12H,8-9,11H2,1-5H3,(H,21,25). The number of carbonyl (C=O) groups excluding carboxylic acids is 2. The van der Waals surface area contributed by atoms with Gasteiger partial charge in [-0.1, -0.05) is 18.3 Å². The van der Waals surface area contributed by atoms with Crippen molar-refractivity contribution >= 4 is 34.7 Å². The van der Waals surface area contributed by atoms with Crippen LogP contribution in [0.4, 0.5) is 11.4 Å². The second-order valence-corrected chi connectivity index (χ2v) is 8.89. The Morgan fingerprint density at radius 3 is 2.79 bits per heavy atom. The van der Waals surface area contributed by atoms with Crippen molar-refractivity contribution in [2.24, 2.45) is 11.3 Å². The quantitative estimate of drug-likeness (QED) is 0.820. The fraction of sp³-hybridized carbons (Fsp3) is 0.500. The highest BCUT2D eigenvalue weighted by molar-refractivity contribution is 7.08. The third kappa shape index (κ3) is 4.16. The first-order valence-electron chi connectivity index (χ1n) is 9.38. The molecule has 0 atom stereocenters. The summed E-state index contributed by atoms with van der Waals surface area (Å²) in [5.74, 6) is 0.877. The summed E-state index contributed by atoms with van der Waals surface area (Å²) in [6.07, 6.45) is 0.900. The van der Waals surface area contributed by atoms with Crippen LogP contribution in [0.25, 0.3) is 0 Å². The van der Waals surface area contributed by atoms with E-state index in [0.717, 1.165) is 23.6 Å². The van der Waals surface area contributed by atoms with Crippen molar-refractivity contribution in [2.75, 3.05) is 23.4 Å². The van der Waals surface area contributed by atoms with E-state index in [2.05, 4.69) is 28.8 Å². The summed E-state index contributed by atoms with van der Waals surface area (Å²) in [6.45, 7) is 10.7. The highest BCUT2D eigenvalue weighted by Crippen LogP contribution is 2.38. The Balaban J connectivity index is 1.89. The molecule has 1 aromatic carbocycles. The number of fused-ring (bicyclic) bond motifs is 1. The van der Waals surface area contributed by atoms with Gasteiger partial charge in [0.1, 0.15) is 17.2 Å². The minimum Gasteiger partial charge on any atom is -0.490 e. The average Bonchev–Trinajstić information content (AvgIpc) is 3.03. The van der Waals surface area contributed by atoms with E-state index in [4.69, 9.17) is 4.74 Å². The van der Waals surface area contributed by atoms with Gasteiger partial charge in [0.05, 0.1) is 16.8 Å². The Morgan fingerprint density at radius 1 is 1.39 bits per heavy atom. The third-order valence-corrected chi connectivity index (χ3v) is 5.54. The lowest BCUT2D eigenvalue weighted by Gasteiger charge is -2.28. The van der Waals surface area contributed by atoms with Gasteiger partial charge in [0, 0.05) is 18.3 Å². The molecule has 1 aliphatic rings. The van der Waals surface area contributed by atoms with Crippen LogP contribution in [0.1, 0.15) is 49.5 Å². The summed E-state index contributed by atoms with van der Waals surface area (Å²) in [4.78, 5) is 27.8. The molecule has 0 saturated heterocycles. The first-order valence-corrected chi connectivity index (χ1v) is 10.2. The number of nitrogens with zero attached hydrogens (tertiary/aromatic N) is 3. The highest BCUT2D eigenvalue weighted by atomic mass is 32.1. The summed E-state index contributed by atoms with van der Waals surface area (Å²) in [5.41, 5.74) is 1.32. The summed E-state index contributed by atoms with van der Waals surface area (Å²) < 4.78 is 9.77. The van der Waals surface area contributed by atoms with E-state index in [1.165, 1.54) is 0 Å². The molecule has 3 rings (SSSR count). The summed E-state index contributed by atoms with van der Waals surface area (Å²) in [5, 5.41) is 6.73. The molecule has 1 N–H and O–H groups in total. The van der Waals surface area contributed by atoms with Crippen LogP contribution in [-0.4, -0.2) is 34.6 Å². The molecule has 7 nitrogen and oxygen atoms in total. The Labute approximate surface area is 169 Å². The van der Waals surface area contributed by atoms with Crippen molar-refractivity contribution in [1.29, 1.82) is 0 Å². The maximum absolute atomic E-state index is 13.1. The van der Waals surface area contributed by atoms with Crippen LogP contribution in [0.3, 0.4) is 0 Å². The lowest BCUT2D eigenvalue weighted by molar-refractivity contribution is -0.127. The highest BCUT2D eigenvalue weighted by Gasteiger charge is 2.37. The Kier molecular flexibility index (Phi) is 5.69. The van der Waals surface area contributed by atoms with E-state index in [1.807, 2.05) is 24.8 Å². The molecule has 8 heteroatoms. The second kappa shape index (κ2) is 7.87. The number of hydrogen-bond donors (Lipinski definition) is 1. The van der Waals surface area contributed by atoms with Gasteiger partial charge in [0.15, 0.2) is 0 Å². The molecule has 0 saturated carbocycles. The van der Waals surface area contributed by atoms with Crippen LogP contribution in [0, 0.1) is 18.3 Å². The Bertz CT molecular complexity index is 891. The van der Waals surface area contributed by atoms with Gasteiger partial charge >= 0.3 is 0 Å². The van der Waals surface area contributed by atoms with E-state index >= 15 is 0 Å². The smallest absolute Gasteiger partial charge is 0.269 e. The first-order chi connectivity index (χ1) is 13.2. The predicted octanol–water partition coefficient (Wildman–Crippen LogP) is 3.90. The van der Waals surface area contributed by atoms with Crippen molar-refractivity contribution in [1.82, 2.24) is 9.59 Å². The molecule has 1 aromatic heterocycles. The zero-order valence-electron chi connectivity index (χ0n) is 16.9. The number of nitrogens with one attached hydrogen (secondary N) is 1. The molecule has 0 spiro atoms. The molecule has 0 fully saturated rings. The van der Waals surface area contributed by atoms with Gasteiger partial charge in [-0.3, -0.25) is 9.59 Å². The fourth-order valence-electron chi connectivity index (χ4n) is 2.96. The number of aromatic nitrogens is 2. The lowest BCUT2D eigenvalue weighted by Crippen LogP contribution is -2.42. The van der Waals surface area contributed by atoms with Crippen molar-refractivity contribution in [3.8, 4) is 5.75 Å². The number of benzene rings is 1. The van der Waals surface area contributed by atoms with Gasteiger partial charge < -0.3 is 15.0 Å². The van der Waals surface area contributed by atoms with Gasteiger partial charge in [0.2, 0.25) is 5.91 Å². The maximum Gasteiger partial charge on any atom is 0.269 e. The summed E-state index contributed by atoms with van der Waals surface area (Å²) >= 11 is 1.06. The van der Waals surface area contributed by atoms with Gasteiger partial charge in [0.25, 0.3) is 5.91 Å². The van der Waals surface area contributed by atoms with E-state index in [-0.39, 0.29) is 18.4 Å². The summed E-state index contributed by atoms with van der Waals surface area (Å²) in [6, 6.07) is 5.40. The van der Waals surface area contributed by atoms with Crippen LogP contribution in [-0.2, 0) is 4.79 Å². The van der Waals surface area contributed by atoms with Gasteiger partial charge in [-0.05, 0) is 56.8 Å². The molecular weight excluding hydrogens is 376 g/mol. The van der Waals surface area contributed by atoms with E-state index in [9.17, 15) is 9.59 Å². The number of anilines is 2. The average molecular weight is 403 g/mol. The number of aryl methyl sites for hydroxylation is 1. The molecule has 0 radical (unpaired) electrons. The lowest BCUT2D eigenvalue weighted by atomic mass is 9.92. The van der Waals surface area contributed by atoms with Crippen molar-refractivity contribution in [3.05, 3.63) is 28.8 Å². The number of rotatable bonds is 5. The van der Waals surface area contributed by atoms with Crippen LogP contribution in [0.5, 0.6) is 5.75 Å². The zero-order chi connectivity index (χ0) is 20.5. The molecular formula is C20H26N4O3S. The molecule has 2 amide bonds. The van der Waals surface area contributed by atoms with Crippen LogP contribution < -0.4 is 15.0 Å². The third-order valence-electron chi connectivity index (χ3n) is 4.71. The SMILES string of the molecule is Cc1nnsc1C(=O)Nc1ccc2c(c1)OCC(C)(C)C(=O)N2CCC(C)C. The Morgan fingerprint density at radius 2 is 2.14 bits per heavy atom. The largest absolute Gasteiger partial charge is 0.490 e. The van der Waals surface area contributed by atoms with E-state index < -0.39 is 5.41 Å². The molecule has 0 aliphatic carbocycles. The second-order valence-electron chi connectivity index (χ2n) is 8.14. The van der Waals surface area contributed by atoms with Gasteiger partial charge in [-0.15, -0.1) is 5.10 Å². The molecule has 150 valence electrons. The number of ether oxygens (including phenoxy) is 1. The molecule has 0 bridgehead atoms. The van der Waals surface area contributed by atoms with E-state index in [0.29, 0.717) is 34.5 Å². The zero-order valence-corrected chi connectivity index (χ0v) is 17.7. The van der Waals surface area contributed by atoms with Crippen molar-refractivity contribution in [2.45, 2.75) is 41.0 Å². The van der Waals surface area contributed by atoms with Crippen LogP contribution in [0.15, 0.2) is 18.2 Å². The minimum absolute atomic E-state index is 0.0510. The number of carbonyl (C=O) groups is 2. The number of amides is 2. The molecule has 0 unspecified atom stereocenters. The topological polar surface area (TPSA) is 84.4 Å². The monoisotopic (exact) mass is 402 g/mol. The predicted molar refractivity (Wildman–Crippen MR) is 110 cm³/mol. The van der Waals surface area contributed by atoms with Gasteiger partial charge in [-0.25, -0.2) is 0 Å². The molecule has 28 heavy (non-hydrogen) atoms.